The van der Waals surface area contributed by atoms with Gasteiger partial charge in [-0.1, -0.05) is 54.1 Å². The number of carbonyl (C=O) groups excluding carboxylic acids is 1. The molecule has 3 heteroatoms. The Labute approximate surface area is 130 Å². The number of rotatable bonds is 5. The molecule has 1 amide bonds. The van der Waals surface area contributed by atoms with E-state index in [-0.39, 0.29) is 11.8 Å². The molecule has 0 saturated heterocycles. The quantitative estimate of drug-likeness (QED) is 0.894. The van der Waals surface area contributed by atoms with Crippen molar-refractivity contribution in [3.63, 3.8) is 0 Å². The second-order valence-corrected chi connectivity index (χ2v) is 5.97. The van der Waals surface area contributed by atoms with Gasteiger partial charge in [-0.25, -0.2) is 0 Å². The molecule has 0 aliphatic heterocycles. The van der Waals surface area contributed by atoms with E-state index in [2.05, 4.69) is 17.4 Å². The topological polar surface area (TPSA) is 29.1 Å². The second-order valence-electron chi connectivity index (χ2n) is 5.53. The first-order valence-corrected chi connectivity index (χ1v) is 7.69. The Kier molecular flexibility index (Phi) is 4.26. The molecule has 0 unspecified atom stereocenters. The minimum absolute atomic E-state index is 0.145. The molecule has 2 nitrogen and oxygen atoms in total. The summed E-state index contributed by atoms with van der Waals surface area (Å²) in [7, 11) is 0. The van der Waals surface area contributed by atoms with Crippen molar-refractivity contribution in [2.75, 3.05) is 6.54 Å². The number of amides is 1. The van der Waals surface area contributed by atoms with Gasteiger partial charge in [-0.05, 0) is 42.0 Å². The van der Waals surface area contributed by atoms with Gasteiger partial charge in [-0.2, -0.15) is 0 Å². The van der Waals surface area contributed by atoms with Gasteiger partial charge < -0.3 is 5.32 Å². The van der Waals surface area contributed by atoms with Gasteiger partial charge in [0.2, 0.25) is 5.91 Å². The maximum Gasteiger partial charge on any atom is 0.223 e. The van der Waals surface area contributed by atoms with E-state index in [0.29, 0.717) is 12.5 Å². The molecule has 2 aromatic rings. The third kappa shape index (κ3) is 3.64. The summed E-state index contributed by atoms with van der Waals surface area (Å²) in [5.41, 5.74) is 2.42. The summed E-state index contributed by atoms with van der Waals surface area (Å²) >= 11 is 5.95. The van der Waals surface area contributed by atoms with Crippen molar-refractivity contribution < 1.29 is 4.79 Å². The maximum absolute atomic E-state index is 12.1. The van der Waals surface area contributed by atoms with Gasteiger partial charge in [-0.3, -0.25) is 4.79 Å². The first-order chi connectivity index (χ1) is 10.2. The summed E-state index contributed by atoms with van der Waals surface area (Å²) in [5, 5.41) is 3.77. The summed E-state index contributed by atoms with van der Waals surface area (Å²) in [6.07, 6.45) is 1.78. The predicted molar refractivity (Wildman–Crippen MR) is 85.5 cm³/mol. The molecule has 0 heterocycles. The molecule has 1 N–H and O–H groups in total. The molecule has 0 aromatic heterocycles. The highest BCUT2D eigenvalue weighted by molar-refractivity contribution is 6.30. The highest BCUT2D eigenvalue weighted by Gasteiger charge is 2.43. The third-order valence-electron chi connectivity index (χ3n) is 3.96. The Hall–Kier alpha value is -1.80. The van der Waals surface area contributed by atoms with Gasteiger partial charge in [0.05, 0.1) is 0 Å². The summed E-state index contributed by atoms with van der Waals surface area (Å²) in [6.45, 7) is 0.664. The molecule has 0 bridgehead atoms. The van der Waals surface area contributed by atoms with E-state index >= 15 is 0 Å². The number of nitrogens with one attached hydrogen (secondary N) is 1. The van der Waals surface area contributed by atoms with Crippen LogP contribution in [0.4, 0.5) is 0 Å². The molecule has 108 valence electrons. The summed E-state index contributed by atoms with van der Waals surface area (Å²) in [4.78, 5) is 12.1. The van der Waals surface area contributed by atoms with E-state index < -0.39 is 0 Å². The Balaban J connectivity index is 1.46. The van der Waals surface area contributed by atoms with Gasteiger partial charge >= 0.3 is 0 Å². The van der Waals surface area contributed by atoms with Crippen LogP contribution in [0.5, 0.6) is 0 Å². The fraction of sp³-hybridized carbons (Fsp3) is 0.278. The summed E-state index contributed by atoms with van der Waals surface area (Å²) in [6, 6.07) is 18.0. The van der Waals surface area contributed by atoms with Crippen molar-refractivity contribution in [1.82, 2.24) is 5.32 Å². The van der Waals surface area contributed by atoms with Crippen molar-refractivity contribution in [2.45, 2.75) is 18.8 Å². The second kappa shape index (κ2) is 6.31. The molecule has 2 atom stereocenters. The zero-order valence-corrected chi connectivity index (χ0v) is 12.5. The number of benzene rings is 2. The molecule has 1 aliphatic rings. The van der Waals surface area contributed by atoms with Gasteiger partial charge in [-0.15, -0.1) is 0 Å². The van der Waals surface area contributed by atoms with Gasteiger partial charge in [0, 0.05) is 17.5 Å². The van der Waals surface area contributed by atoms with E-state index in [1.807, 2.05) is 42.5 Å². The van der Waals surface area contributed by atoms with Crippen LogP contribution in [0.15, 0.2) is 54.6 Å². The molecule has 1 aliphatic carbocycles. The number of halogens is 1. The summed E-state index contributed by atoms with van der Waals surface area (Å²) < 4.78 is 0. The zero-order chi connectivity index (χ0) is 14.7. The molecule has 0 radical (unpaired) electrons. The van der Waals surface area contributed by atoms with Crippen LogP contribution in [0, 0.1) is 5.92 Å². The fourth-order valence-corrected chi connectivity index (χ4v) is 2.92. The van der Waals surface area contributed by atoms with Crippen molar-refractivity contribution >= 4 is 17.5 Å². The molecule has 21 heavy (non-hydrogen) atoms. The van der Waals surface area contributed by atoms with Gasteiger partial charge in [0.25, 0.3) is 0 Å². The van der Waals surface area contributed by atoms with Crippen LogP contribution in [0.25, 0.3) is 0 Å². The lowest BCUT2D eigenvalue weighted by Crippen LogP contribution is -2.27. The Morgan fingerprint density at radius 3 is 2.71 bits per heavy atom. The Morgan fingerprint density at radius 2 is 1.95 bits per heavy atom. The standard InChI is InChI=1S/C18H18ClNO/c19-15-8-4-5-13(11-15)9-10-20-18(21)17-12-16(17)14-6-2-1-3-7-14/h1-8,11,16-17H,9-10,12H2,(H,20,21)/t16-,17+/m1/s1. The highest BCUT2D eigenvalue weighted by Crippen LogP contribution is 2.47. The van der Waals surface area contributed by atoms with Crippen LogP contribution >= 0.6 is 11.6 Å². The smallest absolute Gasteiger partial charge is 0.223 e. The van der Waals surface area contributed by atoms with E-state index in [1.54, 1.807) is 0 Å². The third-order valence-corrected chi connectivity index (χ3v) is 4.19. The molecule has 1 saturated carbocycles. The Morgan fingerprint density at radius 1 is 1.14 bits per heavy atom. The zero-order valence-electron chi connectivity index (χ0n) is 11.8. The molecular formula is C18H18ClNO. The molecule has 0 spiro atoms. The monoisotopic (exact) mass is 299 g/mol. The molecule has 1 fully saturated rings. The highest BCUT2D eigenvalue weighted by atomic mass is 35.5. The van der Waals surface area contributed by atoms with Crippen molar-refractivity contribution in [2.24, 2.45) is 5.92 Å². The van der Waals surface area contributed by atoms with E-state index in [0.717, 1.165) is 23.4 Å². The average Bonchev–Trinajstić information content (AvgIpc) is 3.29. The lowest BCUT2D eigenvalue weighted by Gasteiger charge is -2.05. The van der Waals surface area contributed by atoms with Gasteiger partial charge in [0.15, 0.2) is 0 Å². The fourth-order valence-electron chi connectivity index (χ4n) is 2.71. The van der Waals surface area contributed by atoms with Crippen molar-refractivity contribution in [1.29, 1.82) is 0 Å². The molecular weight excluding hydrogens is 282 g/mol. The van der Waals surface area contributed by atoms with Crippen LogP contribution < -0.4 is 5.32 Å². The van der Waals surface area contributed by atoms with Crippen LogP contribution in [-0.4, -0.2) is 12.5 Å². The number of hydrogen-bond donors (Lipinski definition) is 1. The first-order valence-electron chi connectivity index (χ1n) is 7.31. The average molecular weight is 300 g/mol. The lowest BCUT2D eigenvalue weighted by molar-refractivity contribution is -0.122. The molecule has 3 rings (SSSR count). The predicted octanol–water partition coefficient (Wildman–Crippen LogP) is 3.80. The maximum atomic E-state index is 12.1. The minimum Gasteiger partial charge on any atom is -0.356 e. The van der Waals surface area contributed by atoms with Crippen molar-refractivity contribution in [3.8, 4) is 0 Å². The van der Waals surface area contributed by atoms with E-state index in [1.165, 1.54) is 5.56 Å². The Bertz CT molecular complexity index is 626. The largest absolute Gasteiger partial charge is 0.356 e. The lowest BCUT2D eigenvalue weighted by atomic mass is 10.1. The van der Waals surface area contributed by atoms with Crippen LogP contribution in [0.3, 0.4) is 0 Å². The first kappa shape index (κ1) is 14.2. The SMILES string of the molecule is O=C(NCCc1cccc(Cl)c1)[C@H]1C[C@@H]1c1ccccc1. The minimum atomic E-state index is 0.145. The van der Waals surface area contributed by atoms with Crippen LogP contribution in [-0.2, 0) is 11.2 Å². The molecule has 2 aromatic carbocycles. The van der Waals surface area contributed by atoms with Crippen LogP contribution in [0.2, 0.25) is 5.02 Å². The van der Waals surface area contributed by atoms with Crippen LogP contribution in [0.1, 0.15) is 23.5 Å². The van der Waals surface area contributed by atoms with E-state index in [4.69, 9.17) is 11.6 Å². The number of hydrogen-bond acceptors (Lipinski definition) is 1. The van der Waals surface area contributed by atoms with E-state index in [9.17, 15) is 4.79 Å². The normalized spacial score (nSPS) is 20.0. The number of carbonyl (C=O) groups is 1. The van der Waals surface area contributed by atoms with Gasteiger partial charge in [0.1, 0.15) is 0 Å². The van der Waals surface area contributed by atoms with Crippen molar-refractivity contribution in [3.05, 3.63) is 70.7 Å². The summed E-state index contributed by atoms with van der Waals surface area (Å²) in [5.74, 6) is 0.718.